The van der Waals surface area contributed by atoms with E-state index in [1.807, 2.05) is 6.07 Å². The second-order valence-corrected chi connectivity index (χ2v) is 8.90. The zero-order valence-corrected chi connectivity index (χ0v) is 16.6. The number of thiophene rings is 1. The van der Waals surface area contributed by atoms with Crippen LogP contribution >= 0.6 is 23.6 Å². The number of aliphatic imine (C=N–C) groups is 1. The van der Waals surface area contributed by atoms with Crippen LogP contribution in [0.2, 0.25) is 0 Å². The Kier molecular flexibility index (Phi) is 4.77. The summed E-state index contributed by atoms with van der Waals surface area (Å²) in [6.45, 7) is 2.22. The summed E-state index contributed by atoms with van der Waals surface area (Å²) in [6, 6.07) is 12.9. The molecule has 2 atom stereocenters. The van der Waals surface area contributed by atoms with Crippen LogP contribution in [0.25, 0.3) is 0 Å². The van der Waals surface area contributed by atoms with Gasteiger partial charge in [0.05, 0.1) is 11.1 Å². The van der Waals surface area contributed by atoms with Crippen LogP contribution in [0.5, 0.6) is 0 Å². The molecule has 1 aromatic heterocycles. The Balaban J connectivity index is 1.71. The second kappa shape index (κ2) is 7.06. The number of nitriles is 1. The molecule has 1 spiro atoms. The maximum absolute atomic E-state index is 9.39. The standard InChI is InChI=1S/C22H22N2S2/c1-2-3-6-15-11-17(13-23)26-21(15)16-9-10-20(25)22(12-16)14-24-19-8-5-4-7-18(19)22/h4-5,7-8,11,14,16H,2-3,6,9-10,12H2,1H3. The lowest BCUT2D eigenvalue weighted by Gasteiger charge is -2.37. The van der Waals surface area contributed by atoms with E-state index in [1.165, 1.54) is 28.8 Å². The molecule has 132 valence electrons. The first kappa shape index (κ1) is 17.6. The van der Waals surface area contributed by atoms with Crippen LogP contribution in [0, 0.1) is 11.3 Å². The fourth-order valence-electron chi connectivity index (χ4n) is 4.36. The lowest BCUT2D eigenvalue weighted by atomic mass is 9.66. The summed E-state index contributed by atoms with van der Waals surface area (Å²) in [5.41, 5.74) is 3.50. The Morgan fingerprint density at radius 2 is 2.23 bits per heavy atom. The Bertz CT molecular complexity index is 918. The van der Waals surface area contributed by atoms with Crippen molar-refractivity contribution >= 4 is 40.3 Å². The van der Waals surface area contributed by atoms with Crippen LogP contribution in [-0.2, 0) is 11.8 Å². The third-order valence-corrected chi connectivity index (χ3v) is 7.53. The van der Waals surface area contributed by atoms with Gasteiger partial charge in [-0.2, -0.15) is 5.26 Å². The first-order valence-electron chi connectivity index (χ1n) is 9.38. The number of para-hydroxylation sites is 1. The van der Waals surface area contributed by atoms with Gasteiger partial charge in [0.25, 0.3) is 0 Å². The van der Waals surface area contributed by atoms with E-state index in [2.05, 4.69) is 48.5 Å². The largest absolute Gasteiger partial charge is 0.260 e. The Morgan fingerprint density at radius 3 is 3.04 bits per heavy atom. The van der Waals surface area contributed by atoms with Crippen molar-refractivity contribution < 1.29 is 0 Å². The van der Waals surface area contributed by atoms with Gasteiger partial charge in [0.15, 0.2) is 0 Å². The number of benzene rings is 1. The van der Waals surface area contributed by atoms with Gasteiger partial charge in [-0.1, -0.05) is 43.8 Å². The lowest BCUT2D eigenvalue weighted by molar-refractivity contribution is 0.502. The highest BCUT2D eigenvalue weighted by molar-refractivity contribution is 7.80. The highest BCUT2D eigenvalue weighted by Gasteiger charge is 2.45. The first-order chi connectivity index (χ1) is 12.7. The molecule has 4 heteroatoms. The minimum Gasteiger partial charge on any atom is -0.260 e. The summed E-state index contributed by atoms with van der Waals surface area (Å²) in [7, 11) is 0. The van der Waals surface area contributed by atoms with Crippen LogP contribution in [0.4, 0.5) is 5.69 Å². The van der Waals surface area contributed by atoms with Gasteiger partial charge < -0.3 is 0 Å². The number of aryl methyl sites for hydroxylation is 1. The molecule has 0 saturated heterocycles. The van der Waals surface area contributed by atoms with E-state index in [-0.39, 0.29) is 5.41 Å². The van der Waals surface area contributed by atoms with E-state index >= 15 is 0 Å². The fraction of sp³-hybridized carbons (Fsp3) is 0.409. The minimum absolute atomic E-state index is 0.201. The van der Waals surface area contributed by atoms with Crippen molar-refractivity contribution in [2.75, 3.05) is 0 Å². The molecule has 1 fully saturated rings. The SMILES string of the molecule is CCCCc1cc(C#N)sc1C1CCC(=S)C2(C=Nc3ccccc32)C1. The lowest BCUT2D eigenvalue weighted by Crippen LogP contribution is -2.40. The normalized spacial score (nSPS) is 24.0. The van der Waals surface area contributed by atoms with E-state index in [0.717, 1.165) is 41.1 Å². The van der Waals surface area contributed by atoms with Crippen molar-refractivity contribution in [2.24, 2.45) is 4.99 Å². The topological polar surface area (TPSA) is 36.1 Å². The molecule has 0 bridgehead atoms. The van der Waals surface area contributed by atoms with Gasteiger partial charge in [0.2, 0.25) is 0 Å². The number of hydrogen-bond acceptors (Lipinski definition) is 4. The monoisotopic (exact) mass is 378 g/mol. The predicted molar refractivity (Wildman–Crippen MR) is 113 cm³/mol. The summed E-state index contributed by atoms with van der Waals surface area (Å²) in [6.07, 6.45) is 8.54. The van der Waals surface area contributed by atoms with Crippen molar-refractivity contribution in [1.82, 2.24) is 0 Å². The molecular weight excluding hydrogens is 356 g/mol. The number of nitrogens with zero attached hydrogens (tertiary/aromatic N) is 2. The van der Waals surface area contributed by atoms with Gasteiger partial charge in [0, 0.05) is 16.0 Å². The summed E-state index contributed by atoms with van der Waals surface area (Å²) in [5, 5.41) is 9.39. The average Bonchev–Trinajstić information content (AvgIpc) is 3.25. The van der Waals surface area contributed by atoms with Crippen LogP contribution in [0.1, 0.15) is 65.8 Å². The average molecular weight is 379 g/mol. The van der Waals surface area contributed by atoms with Gasteiger partial charge in [0.1, 0.15) is 10.9 Å². The zero-order chi connectivity index (χ0) is 18.1. The smallest absolute Gasteiger partial charge is 0.110 e. The summed E-state index contributed by atoms with van der Waals surface area (Å²) < 4.78 is 0. The summed E-state index contributed by atoms with van der Waals surface area (Å²) in [4.78, 5) is 8.06. The van der Waals surface area contributed by atoms with Crippen molar-refractivity contribution in [2.45, 2.75) is 56.8 Å². The van der Waals surface area contributed by atoms with E-state index in [1.54, 1.807) is 11.3 Å². The second-order valence-electron chi connectivity index (χ2n) is 7.33. The highest BCUT2D eigenvalue weighted by atomic mass is 32.1. The first-order valence-corrected chi connectivity index (χ1v) is 10.6. The van der Waals surface area contributed by atoms with Crippen molar-refractivity contribution in [1.29, 1.82) is 5.26 Å². The molecule has 0 radical (unpaired) electrons. The van der Waals surface area contributed by atoms with Gasteiger partial charge in [-0.15, -0.1) is 11.3 Å². The molecule has 1 saturated carbocycles. The molecule has 2 unspecified atom stereocenters. The molecule has 4 rings (SSSR count). The van der Waals surface area contributed by atoms with E-state index < -0.39 is 0 Å². The molecule has 2 aromatic rings. The van der Waals surface area contributed by atoms with E-state index in [0.29, 0.717) is 5.92 Å². The molecule has 26 heavy (non-hydrogen) atoms. The molecule has 1 aliphatic carbocycles. The van der Waals surface area contributed by atoms with Crippen molar-refractivity contribution in [3.63, 3.8) is 0 Å². The van der Waals surface area contributed by atoms with Crippen molar-refractivity contribution in [3.8, 4) is 6.07 Å². The number of thiocarbonyl (C=S) groups is 1. The predicted octanol–water partition coefficient (Wildman–Crippen LogP) is 6.25. The van der Waals surface area contributed by atoms with Gasteiger partial charge in [-0.05, 0) is 61.3 Å². The molecule has 0 N–H and O–H groups in total. The number of hydrogen-bond donors (Lipinski definition) is 0. The van der Waals surface area contributed by atoms with E-state index in [9.17, 15) is 5.26 Å². The highest BCUT2D eigenvalue weighted by Crippen LogP contribution is 2.50. The summed E-state index contributed by atoms with van der Waals surface area (Å²) in [5.74, 6) is 0.457. The molecule has 0 amide bonds. The third kappa shape index (κ3) is 2.84. The number of unbranched alkanes of at least 4 members (excludes halogenated alkanes) is 1. The molecule has 2 heterocycles. The van der Waals surface area contributed by atoms with Gasteiger partial charge in [-0.3, -0.25) is 4.99 Å². The fourth-order valence-corrected chi connectivity index (χ4v) is 5.87. The minimum atomic E-state index is -0.201. The summed E-state index contributed by atoms with van der Waals surface area (Å²) >= 11 is 7.54. The molecule has 2 nitrogen and oxygen atoms in total. The van der Waals surface area contributed by atoms with Crippen LogP contribution in [-0.4, -0.2) is 11.1 Å². The van der Waals surface area contributed by atoms with Crippen LogP contribution in [0.15, 0.2) is 35.3 Å². The van der Waals surface area contributed by atoms with Gasteiger partial charge >= 0.3 is 0 Å². The van der Waals surface area contributed by atoms with Crippen molar-refractivity contribution in [3.05, 3.63) is 51.2 Å². The molecule has 2 aliphatic rings. The van der Waals surface area contributed by atoms with Gasteiger partial charge in [-0.25, -0.2) is 0 Å². The third-order valence-electron chi connectivity index (χ3n) is 5.72. The molecule has 1 aliphatic heterocycles. The quantitative estimate of drug-likeness (QED) is 0.589. The number of rotatable bonds is 4. The van der Waals surface area contributed by atoms with E-state index in [4.69, 9.17) is 12.2 Å². The zero-order valence-electron chi connectivity index (χ0n) is 15.0. The number of fused-ring (bicyclic) bond motifs is 2. The Morgan fingerprint density at radius 1 is 1.38 bits per heavy atom. The Labute approximate surface area is 164 Å². The maximum Gasteiger partial charge on any atom is 0.110 e. The van der Waals surface area contributed by atoms with Crippen LogP contribution < -0.4 is 0 Å². The maximum atomic E-state index is 9.39. The molecular formula is C22H22N2S2. The van der Waals surface area contributed by atoms with Crippen LogP contribution in [0.3, 0.4) is 0 Å². The molecule has 1 aromatic carbocycles. The Hall–Kier alpha value is -1.83.